The molecule has 1 fully saturated rings. The second-order valence-corrected chi connectivity index (χ2v) is 9.99. The molecule has 0 aliphatic carbocycles. The van der Waals surface area contributed by atoms with Crippen LogP contribution in [0.25, 0.3) is 0 Å². The van der Waals surface area contributed by atoms with E-state index in [4.69, 9.17) is 0 Å². The fourth-order valence-electron chi connectivity index (χ4n) is 3.76. The van der Waals surface area contributed by atoms with Crippen molar-refractivity contribution in [2.24, 2.45) is 0 Å². The molecule has 0 radical (unpaired) electrons. The number of nitrogens with zero attached hydrogens (tertiary/aromatic N) is 1. The molecule has 0 aromatic heterocycles. The number of nitrogens with one attached hydrogen (secondary N) is 3. The highest BCUT2D eigenvalue weighted by Gasteiger charge is 2.27. The van der Waals surface area contributed by atoms with Gasteiger partial charge < -0.3 is 16.0 Å². The van der Waals surface area contributed by atoms with Crippen LogP contribution >= 0.6 is 0 Å². The van der Waals surface area contributed by atoms with E-state index in [-0.39, 0.29) is 11.4 Å². The van der Waals surface area contributed by atoms with Crippen LogP contribution in [0.1, 0.15) is 23.2 Å². The standard InChI is InChI=1S/C25H25FN4O4S/c26-18-10-12-19(13-11-18)29-25(32)22-8-1-2-9-23(22)27-17-24(31)28-20-6-5-7-21(16-20)35(33,34)30-14-3-4-15-30/h1-2,5-13,16,27H,3-4,14-15,17H2,(H,28,31)(H,29,32). The van der Waals surface area contributed by atoms with Gasteiger partial charge >= 0.3 is 0 Å². The van der Waals surface area contributed by atoms with Gasteiger partial charge in [-0.2, -0.15) is 4.31 Å². The lowest BCUT2D eigenvalue weighted by atomic mass is 10.1. The van der Waals surface area contributed by atoms with E-state index >= 15 is 0 Å². The predicted molar refractivity (Wildman–Crippen MR) is 132 cm³/mol. The number of hydrogen-bond donors (Lipinski definition) is 3. The van der Waals surface area contributed by atoms with Crippen molar-refractivity contribution < 1.29 is 22.4 Å². The van der Waals surface area contributed by atoms with E-state index in [0.29, 0.717) is 35.7 Å². The van der Waals surface area contributed by atoms with E-state index in [1.54, 1.807) is 36.4 Å². The Hall–Kier alpha value is -3.76. The fourth-order valence-corrected chi connectivity index (χ4v) is 5.32. The smallest absolute Gasteiger partial charge is 0.257 e. The fraction of sp³-hybridized carbons (Fsp3) is 0.200. The van der Waals surface area contributed by atoms with Crippen LogP contribution in [0.15, 0.2) is 77.7 Å². The summed E-state index contributed by atoms with van der Waals surface area (Å²) in [5, 5.41) is 8.32. The van der Waals surface area contributed by atoms with Gasteiger partial charge in [-0.1, -0.05) is 18.2 Å². The van der Waals surface area contributed by atoms with Gasteiger partial charge in [-0.25, -0.2) is 12.8 Å². The number of hydrogen-bond acceptors (Lipinski definition) is 5. The summed E-state index contributed by atoms with van der Waals surface area (Å²) in [5.41, 5.74) is 1.54. The van der Waals surface area contributed by atoms with Crippen LogP contribution in [0.4, 0.5) is 21.5 Å². The molecule has 182 valence electrons. The van der Waals surface area contributed by atoms with Crippen LogP contribution < -0.4 is 16.0 Å². The Kier molecular flexibility index (Phi) is 7.42. The van der Waals surface area contributed by atoms with Gasteiger partial charge in [0.05, 0.1) is 17.0 Å². The average molecular weight is 497 g/mol. The van der Waals surface area contributed by atoms with E-state index in [1.807, 2.05) is 0 Å². The van der Waals surface area contributed by atoms with Crippen LogP contribution in [-0.4, -0.2) is 44.2 Å². The van der Waals surface area contributed by atoms with Gasteiger partial charge in [-0.15, -0.1) is 0 Å². The van der Waals surface area contributed by atoms with Crippen LogP contribution in [0.5, 0.6) is 0 Å². The molecule has 3 aromatic rings. The molecule has 0 bridgehead atoms. The number of amides is 2. The van der Waals surface area contributed by atoms with Crippen molar-refractivity contribution in [2.45, 2.75) is 17.7 Å². The van der Waals surface area contributed by atoms with Crippen molar-refractivity contribution in [2.75, 3.05) is 35.6 Å². The molecule has 3 aromatic carbocycles. The average Bonchev–Trinajstić information content (AvgIpc) is 3.41. The number of halogens is 1. The molecular formula is C25H25FN4O4S. The maximum atomic E-state index is 13.1. The van der Waals surface area contributed by atoms with Gasteiger partial charge in [0.2, 0.25) is 15.9 Å². The highest BCUT2D eigenvalue weighted by molar-refractivity contribution is 7.89. The van der Waals surface area contributed by atoms with Crippen molar-refractivity contribution in [3.63, 3.8) is 0 Å². The molecule has 8 nitrogen and oxygen atoms in total. The predicted octanol–water partition coefficient (Wildman–Crippen LogP) is 3.91. The number of sulfonamides is 1. The molecule has 1 aliphatic heterocycles. The van der Waals surface area contributed by atoms with Crippen LogP contribution in [0, 0.1) is 5.82 Å². The minimum absolute atomic E-state index is 0.132. The number of rotatable bonds is 8. The SMILES string of the molecule is O=C(CNc1ccccc1C(=O)Nc1ccc(F)cc1)Nc1cccc(S(=O)(=O)N2CCCC2)c1. The quantitative estimate of drug-likeness (QED) is 0.438. The van der Waals surface area contributed by atoms with E-state index in [0.717, 1.165) is 12.8 Å². The molecule has 0 unspecified atom stereocenters. The first-order valence-electron chi connectivity index (χ1n) is 11.1. The molecule has 0 saturated carbocycles. The lowest BCUT2D eigenvalue weighted by Crippen LogP contribution is -2.28. The maximum absolute atomic E-state index is 13.1. The third kappa shape index (κ3) is 6.03. The molecule has 0 spiro atoms. The molecule has 2 amide bonds. The third-order valence-corrected chi connectivity index (χ3v) is 7.43. The van der Waals surface area contributed by atoms with Crippen LogP contribution in [0.2, 0.25) is 0 Å². The number of carbonyl (C=O) groups is 2. The molecule has 1 heterocycles. The molecule has 4 rings (SSSR count). The number of anilines is 3. The van der Waals surface area contributed by atoms with Crippen LogP contribution in [-0.2, 0) is 14.8 Å². The summed E-state index contributed by atoms with van der Waals surface area (Å²) in [6, 6.07) is 18.2. The van der Waals surface area contributed by atoms with Gasteiger partial charge in [0.25, 0.3) is 5.91 Å². The van der Waals surface area contributed by atoms with E-state index < -0.39 is 27.7 Å². The molecule has 1 aliphatic rings. The minimum atomic E-state index is -3.59. The first-order chi connectivity index (χ1) is 16.8. The van der Waals surface area contributed by atoms with Gasteiger partial charge in [0.15, 0.2) is 0 Å². The van der Waals surface area contributed by atoms with Gasteiger partial charge in [-0.3, -0.25) is 9.59 Å². The van der Waals surface area contributed by atoms with E-state index in [9.17, 15) is 22.4 Å². The Labute approximate surface area is 203 Å². The zero-order chi connectivity index (χ0) is 24.8. The first kappa shape index (κ1) is 24.4. The lowest BCUT2D eigenvalue weighted by Gasteiger charge is -2.16. The van der Waals surface area contributed by atoms with Crippen molar-refractivity contribution in [1.82, 2.24) is 4.31 Å². The third-order valence-electron chi connectivity index (χ3n) is 5.53. The second kappa shape index (κ2) is 10.7. The number of para-hydroxylation sites is 1. The second-order valence-electron chi connectivity index (χ2n) is 8.05. The Morgan fingerprint density at radius 3 is 2.31 bits per heavy atom. The van der Waals surface area contributed by atoms with Crippen molar-refractivity contribution in [1.29, 1.82) is 0 Å². The van der Waals surface area contributed by atoms with Gasteiger partial charge in [0, 0.05) is 30.2 Å². The van der Waals surface area contributed by atoms with E-state index in [1.165, 1.54) is 40.7 Å². The highest BCUT2D eigenvalue weighted by Crippen LogP contribution is 2.23. The lowest BCUT2D eigenvalue weighted by molar-refractivity contribution is -0.114. The summed E-state index contributed by atoms with van der Waals surface area (Å²) in [5.74, 6) is -1.23. The monoisotopic (exact) mass is 496 g/mol. The van der Waals surface area contributed by atoms with Gasteiger partial charge in [0.1, 0.15) is 5.82 Å². The summed E-state index contributed by atoms with van der Waals surface area (Å²) >= 11 is 0. The van der Waals surface area contributed by atoms with Crippen LogP contribution in [0.3, 0.4) is 0 Å². The Morgan fingerprint density at radius 1 is 0.857 bits per heavy atom. The van der Waals surface area contributed by atoms with Crippen molar-refractivity contribution >= 4 is 38.9 Å². The Morgan fingerprint density at radius 2 is 1.57 bits per heavy atom. The number of carbonyl (C=O) groups excluding carboxylic acids is 2. The van der Waals surface area contributed by atoms with E-state index in [2.05, 4.69) is 16.0 Å². The minimum Gasteiger partial charge on any atom is -0.376 e. The number of benzene rings is 3. The topological polar surface area (TPSA) is 108 Å². The summed E-state index contributed by atoms with van der Waals surface area (Å²) in [4.78, 5) is 25.4. The molecule has 3 N–H and O–H groups in total. The largest absolute Gasteiger partial charge is 0.376 e. The zero-order valence-corrected chi connectivity index (χ0v) is 19.6. The Balaban J connectivity index is 1.39. The zero-order valence-electron chi connectivity index (χ0n) is 18.8. The van der Waals surface area contributed by atoms with Gasteiger partial charge in [-0.05, 0) is 67.4 Å². The van der Waals surface area contributed by atoms with Crippen molar-refractivity contribution in [3.05, 3.63) is 84.2 Å². The molecule has 0 atom stereocenters. The molecule has 1 saturated heterocycles. The summed E-state index contributed by atoms with van der Waals surface area (Å²) in [6.45, 7) is 0.845. The van der Waals surface area contributed by atoms with Crippen molar-refractivity contribution in [3.8, 4) is 0 Å². The molecular weight excluding hydrogens is 471 g/mol. The summed E-state index contributed by atoms with van der Waals surface area (Å²) in [7, 11) is -3.59. The summed E-state index contributed by atoms with van der Waals surface area (Å²) in [6.07, 6.45) is 1.68. The highest BCUT2D eigenvalue weighted by atomic mass is 32.2. The Bertz CT molecular complexity index is 1320. The summed E-state index contributed by atoms with van der Waals surface area (Å²) < 4.78 is 40.1. The maximum Gasteiger partial charge on any atom is 0.257 e. The first-order valence-corrected chi connectivity index (χ1v) is 12.6. The normalized spacial score (nSPS) is 13.9. The molecule has 35 heavy (non-hydrogen) atoms. The molecule has 10 heteroatoms.